The van der Waals surface area contributed by atoms with Gasteiger partial charge in [-0.15, -0.1) is 0 Å². The van der Waals surface area contributed by atoms with Crippen LogP contribution in [-0.4, -0.2) is 13.1 Å². The molecule has 2 aromatic rings. The Kier molecular flexibility index (Phi) is 3.78. The largest absolute Gasteiger partial charge is 0.465 e. The molecule has 0 saturated heterocycles. The predicted molar refractivity (Wildman–Crippen MR) is 70.2 cm³/mol. The second-order valence-electron chi connectivity index (χ2n) is 3.69. The van der Waals surface area contributed by atoms with Crippen molar-refractivity contribution in [2.75, 3.05) is 7.11 Å². The molecule has 0 heterocycles. The molecule has 2 rings (SSSR count). The number of esters is 1. The highest BCUT2D eigenvalue weighted by molar-refractivity contribution is 5.89. The summed E-state index contributed by atoms with van der Waals surface area (Å²) in [6.45, 7) is 0. The zero-order valence-electron chi connectivity index (χ0n) is 10.0. The van der Waals surface area contributed by atoms with Gasteiger partial charge in [-0.3, -0.25) is 0 Å². The van der Waals surface area contributed by atoms with Crippen LogP contribution >= 0.6 is 0 Å². The van der Waals surface area contributed by atoms with E-state index in [4.69, 9.17) is 0 Å². The number of rotatable bonds is 1. The van der Waals surface area contributed by atoms with E-state index in [1.54, 1.807) is 18.2 Å². The molecule has 0 unspecified atom stereocenters. The van der Waals surface area contributed by atoms with Gasteiger partial charge < -0.3 is 4.74 Å². The molecule has 0 radical (unpaired) electrons. The summed E-state index contributed by atoms with van der Waals surface area (Å²) in [5.74, 6) is 5.72. The van der Waals surface area contributed by atoms with Gasteiger partial charge >= 0.3 is 5.97 Å². The van der Waals surface area contributed by atoms with E-state index in [1.807, 2.05) is 36.4 Å². The number of hydrogen-bond donors (Lipinski definition) is 0. The zero-order valence-corrected chi connectivity index (χ0v) is 10.0. The van der Waals surface area contributed by atoms with E-state index in [0.29, 0.717) is 5.56 Å². The molecule has 0 aromatic heterocycles. The van der Waals surface area contributed by atoms with Crippen LogP contribution in [0.3, 0.4) is 0 Å². The molecule has 0 N–H and O–H groups in total. The maximum atomic E-state index is 11.4. The third kappa shape index (κ3) is 2.99. The lowest BCUT2D eigenvalue weighted by Gasteiger charge is -1.98. The van der Waals surface area contributed by atoms with Gasteiger partial charge in [-0.2, -0.15) is 0 Å². The van der Waals surface area contributed by atoms with Crippen LogP contribution in [0.1, 0.15) is 21.5 Å². The fourth-order valence-electron chi connectivity index (χ4n) is 1.51. The summed E-state index contributed by atoms with van der Waals surface area (Å²) >= 11 is 0. The van der Waals surface area contributed by atoms with E-state index in [2.05, 4.69) is 16.6 Å². The summed E-state index contributed by atoms with van der Waals surface area (Å²) in [7, 11) is 1.37. The second-order valence-corrected chi connectivity index (χ2v) is 3.69. The highest BCUT2D eigenvalue weighted by Gasteiger charge is 2.03. The van der Waals surface area contributed by atoms with Crippen molar-refractivity contribution in [1.82, 2.24) is 0 Å². The van der Waals surface area contributed by atoms with E-state index in [9.17, 15) is 4.79 Å². The van der Waals surface area contributed by atoms with Crippen molar-refractivity contribution in [2.45, 2.75) is 0 Å². The lowest BCUT2D eigenvalue weighted by molar-refractivity contribution is 0.0600. The summed E-state index contributed by atoms with van der Waals surface area (Å²) in [4.78, 5) is 11.4. The molecule has 18 heavy (non-hydrogen) atoms. The first-order valence-corrected chi connectivity index (χ1v) is 5.55. The smallest absolute Gasteiger partial charge is 0.337 e. The van der Waals surface area contributed by atoms with Crippen molar-refractivity contribution >= 4 is 5.97 Å². The molecule has 2 heteroatoms. The Balaban J connectivity index is 2.25. The third-order valence-corrected chi connectivity index (χ3v) is 2.41. The number of carbonyl (C=O) groups excluding carboxylic acids is 1. The van der Waals surface area contributed by atoms with E-state index in [0.717, 1.165) is 11.1 Å². The van der Waals surface area contributed by atoms with E-state index in [1.165, 1.54) is 7.11 Å². The third-order valence-electron chi connectivity index (χ3n) is 2.41. The predicted octanol–water partition coefficient (Wildman–Crippen LogP) is 2.87. The van der Waals surface area contributed by atoms with Gasteiger partial charge in [-0.25, -0.2) is 4.79 Å². The molecule has 88 valence electrons. The Morgan fingerprint density at radius 2 is 1.61 bits per heavy atom. The summed E-state index contributed by atoms with van der Waals surface area (Å²) in [6.07, 6.45) is 0. The molecule has 0 fully saturated rings. The minimum Gasteiger partial charge on any atom is -0.465 e. The molecule has 2 aromatic carbocycles. The van der Waals surface area contributed by atoms with Crippen molar-refractivity contribution < 1.29 is 9.53 Å². The Hall–Kier alpha value is -2.53. The van der Waals surface area contributed by atoms with Crippen LogP contribution in [0, 0.1) is 11.8 Å². The maximum absolute atomic E-state index is 11.4. The van der Waals surface area contributed by atoms with Gasteiger partial charge in [0.05, 0.1) is 12.7 Å². The molecule has 0 spiro atoms. The average molecular weight is 236 g/mol. The molecule has 0 bridgehead atoms. The van der Waals surface area contributed by atoms with Crippen LogP contribution in [0.15, 0.2) is 54.6 Å². The molecule has 0 atom stereocenters. The summed E-state index contributed by atoms with van der Waals surface area (Å²) in [6, 6.07) is 16.8. The zero-order chi connectivity index (χ0) is 12.8. The maximum Gasteiger partial charge on any atom is 0.337 e. The quantitative estimate of drug-likeness (QED) is 0.562. The Morgan fingerprint density at radius 1 is 0.944 bits per heavy atom. The van der Waals surface area contributed by atoms with Gasteiger partial charge in [0.2, 0.25) is 0 Å². The molecule has 0 saturated carbocycles. The standard InChI is InChI=1S/C16H12O2/c1-18-16(17)15-9-5-8-14(12-15)11-10-13-6-3-2-4-7-13/h2-9,12H,1H3. The summed E-state index contributed by atoms with van der Waals surface area (Å²) < 4.78 is 4.67. The molecular formula is C16H12O2. The first-order chi connectivity index (χ1) is 8.79. The minimum atomic E-state index is -0.349. The second kappa shape index (κ2) is 5.70. The highest BCUT2D eigenvalue weighted by atomic mass is 16.5. The number of methoxy groups -OCH3 is 1. The fraction of sp³-hybridized carbons (Fsp3) is 0.0625. The van der Waals surface area contributed by atoms with Crippen LogP contribution in [0.2, 0.25) is 0 Å². The van der Waals surface area contributed by atoms with Gasteiger partial charge in [-0.1, -0.05) is 36.1 Å². The van der Waals surface area contributed by atoms with Crippen molar-refractivity contribution in [2.24, 2.45) is 0 Å². The van der Waals surface area contributed by atoms with Crippen molar-refractivity contribution in [3.05, 3.63) is 71.3 Å². The van der Waals surface area contributed by atoms with Gasteiger partial charge in [0.25, 0.3) is 0 Å². The van der Waals surface area contributed by atoms with Crippen LogP contribution in [0.5, 0.6) is 0 Å². The first kappa shape index (κ1) is 11.9. The van der Waals surface area contributed by atoms with E-state index < -0.39 is 0 Å². The molecule has 0 aliphatic rings. The molecule has 0 aliphatic carbocycles. The monoisotopic (exact) mass is 236 g/mol. The SMILES string of the molecule is COC(=O)c1cccc(C#Cc2ccccc2)c1. The van der Waals surface area contributed by atoms with Crippen molar-refractivity contribution in [3.8, 4) is 11.8 Å². The van der Waals surface area contributed by atoms with Crippen LogP contribution < -0.4 is 0 Å². The Bertz CT molecular complexity index is 604. The highest BCUT2D eigenvalue weighted by Crippen LogP contribution is 2.06. The van der Waals surface area contributed by atoms with E-state index >= 15 is 0 Å². The van der Waals surface area contributed by atoms with Crippen LogP contribution in [0.4, 0.5) is 0 Å². The normalized spacial score (nSPS) is 9.17. The van der Waals surface area contributed by atoms with Crippen molar-refractivity contribution in [3.63, 3.8) is 0 Å². The Labute approximate surface area is 106 Å². The van der Waals surface area contributed by atoms with Gasteiger partial charge in [-0.05, 0) is 30.3 Å². The number of hydrogen-bond acceptors (Lipinski definition) is 2. The summed E-state index contributed by atoms with van der Waals surface area (Å²) in [5, 5.41) is 0. The minimum absolute atomic E-state index is 0.349. The van der Waals surface area contributed by atoms with E-state index in [-0.39, 0.29) is 5.97 Å². The Morgan fingerprint density at radius 3 is 2.33 bits per heavy atom. The van der Waals surface area contributed by atoms with Crippen LogP contribution in [-0.2, 0) is 4.74 Å². The lowest BCUT2D eigenvalue weighted by atomic mass is 10.1. The summed E-state index contributed by atoms with van der Waals surface area (Å²) in [5.41, 5.74) is 2.25. The van der Waals surface area contributed by atoms with Gasteiger partial charge in [0, 0.05) is 11.1 Å². The van der Waals surface area contributed by atoms with Gasteiger partial charge in [0.15, 0.2) is 0 Å². The molecular weight excluding hydrogens is 224 g/mol. The average Bonchev–Trinajstić information content (AvgIpc) is 2.45. The molecule has 0 amide bonds. The lowest BCUT2D eigenvalue weighted by Crippen LogP contribution is -2.00. The number of carbonyl (C=O) groups is 1. The number of ether oxygens (including phenoxy) is 1. The molecule has 0 aliphatic heterocycles. The fourth-order valence-corrected chi connectivity index (χ4v) is 1.51. The topological polar surface area (TPSA) is 26.3 Å². The van der Waals surface area contributed by atoms with Crippen LogP contribution in [0.25, 0.3) is 0 Å². The number of benzene rings is 2. The van der Waals surface area contributed by atoms with Crippen molar-refractivity contribution in [1.29, 1.82) is 0 Å². The molecule has 2 nitrogen and oxygen atoms in total. The van der Waals surface area contributed by atoms with Gasteiger partial charge in [0.1, 0.15) is 0 Å². The first-order valence-electron chi connectivity index (χ1n) is 5.55.